The third kappa shape index (κ3) is 8.14. The number of hydrogen-bond acceptors (Lipinski definition) is 6. The zero-order valence-corrected chi connectivity index (χ0v) is 14.8. The number of rotatable bonds is 11. The highest BCUT2D eigenvalue weighted by Gasteiger charge is 2.24. The summed E-state index contributed by atoms with van der Waals surface area (Å²) in [7, 11) is 0. The van der Waals surface area contributed by atoms with Crippen LogP contribution in [0.25, 0.3) is 0 Å². The van der Waals surface area contributed by atoms with Crippen molar-refractivity contribution in [2.24, 2.45) is 22.2 Å². The van der Waals surface area contributed by atoms with Crippen LogP contribution >= 0.6 is 0 Å². The number of carboxylic acid groups (broad SMARTS) is 1. The summed E-state index contributed by atoms with van der Waals surface area (Å²) in [6.07, 6.45) is 3.65. The molecule has 0 saturated carbocycles. The fourth-order valence-electron chi connectivity index (χ4n) is 2.28. The Morgan fingerprint density at radius 2 is 2.04 bits per heavy atom. The number of aromatic nitrogens is 1. The lowest BCUT2D eigenvalue weighted by Gasteiger charge is -2.20. The van der Waals surface area contributed by atoms with E-state index in [2.05, 4.69) is 20.6 Å². The van der Waals surface area contributed by atoms with Crippen molar-refractivity contribution in [3.63, 3.8) is 0 Å². The Labute approximate surface area is 156 Å². The van der Waals surface area contributed by atoms with E-state index in [9.17, 15) is 19.5 Å². The maximum atomic E-state index is 12.4. The van der Waals surface area contributed by atoms with Gasteiger partial charge in [0.2, 0.25) is 11.8 Å². The van der Waals surface area contributed by atoms with Crippen molar-refractivity contribution in [3.8, 4) is 0 Å². The number of aliphatic carboxylic acids is 1. The van der Waals surface area contributed by atoms with Crippen LogP contribution in [0.15, 0.2) is 29.5 Å². The Morgan fingerprint density at radius 3 is 2.59 bits per heavy atom. The summed E-state index contributed by atoms with van der Waals surface area (Å²) in [6, 6.07) is 2.35. The number of carboxylic acids is 1. The van der Waals surface area contributed by atoms with E-state index in [1.165, 1.54) is 12.4 Å². The van der Waals surface area contributed by atoms with Gasteiger partial charge in [-0.25, -0.2) is 0 Å². The molecule has 0 saturated heterocycles. The van der Waals surface area contributed by atoms with E-state index in [0.29, 0.717) is 12.0 Å². The summed E-state index contributed by atoms with van der Waals surface area (Å²) in [5.41, 5.74) is 16.2. The fraction of sp³-hybridized carbons (Fsp3) is 0.438. The zero-order valence-electron chi connectivity index (χ0n) is 14.8. The van der Waals surface area contributed by atoms with E-state index in [1.54, 1.807) is 12.1 Å². The standard InChI is InChI=1S/C16H25N7O4/c17-7-13(24)23-12(4-2-6-21-16(18)19)14(25)22-9-11(15(26)27)10-3-1-5-20-8-10/h1,3,5,8,11-12H,2,4,6-7,9,17H2,(H,22,25)(H,23,24)(H,26,27)(H4,18,19,21)/t11?,12-/m0/s1. The molecule has 11 nitrogen and oxygen atoms in total. The van der Waals surface area contributed by atoms with Gasteiger partial charge in [-0.3, -0.25) is 24.4 Å². The van der Waals surface area contributed by atoms with Crippen LogP contribution in [0.1, 0.15) is 24.3 Å². The molecule has 2 amide bonds. The van der Waals surface area contributed by atoms with E-state index < -0.39 is 29.7 Å². The number of guanidine groups is 1. The van der Waals surface area contributed by atoms with E-state index >= 15 is 0 Å². The van der Waals surface area contributed by atoms with Crippen molar-refractivity contribution < 1.29 is 19.5 Å². The maximum Gasteiger partial charge on any atom is 0.312 e. The molecule has 0 aromatic carbocycles. The van der Waals surface area contributed by atoms with Crippen LogP contribution in [0.2, 0.25) is 0 Å². The highest BCUT2D eigenvalue weighted by molar-refractivity contribution is 5.88. The minimum Gasteiger partial charge on any atom is -0.481 e. The summed E-state index contributed by atoms with van der Waals surface area (Å²) >= 11 is 0. The van der Waals surface area contributed by atoms with E-state index in [0.717, 1.165) is 0 Å². The third-order valence-corrected chi connectivity index (χ3v) is 3.65. The minimum atomic E-state index is -1.10. The number of carbonyl (C=O) groups is 3. The van der Waals surface area contributed by atoms with Gasteiger partial charge in [0.1, 0.15) is 12.0 Å². The number of nitrogens with two attached hydrogens (primary N) is 3. The first-order chi connectivity index (χ1) is 12.8. The highest BCUT2D eigenvalue weighted by atomic mass is 16.4. The first-order valence-corrected chi connectivity index (χ1v) is 8.30. The molecular formula is C16H25N7O4. The van der Waals surface area contributed by atoms with E-state index in [4.69, 9.17) is 17.2 Å². The molecule has 2 atom stereocenters. The van der Waals surface area contributed by atoms with Crippen LogP contribution in [0, 0.1) is 0 Å². The monoisotopic (exact) mass is 379 g/mol. The smallest absolute Gasteiger partial charge is 0.312 e. The number of pyridine rings is 1. The number of amides is 2. The van der Waals surface area contributed by atoms with E-state index in [-0.39, 0.29) is 32.0 Å². The molecule has 0 radical (unpaired) electrons. The van der Waals surface area contributed by atoms with Gasteiger partial charge in [-0.2, -0.15) is 0 Å². The topological polar surface area (TPSA) is 199 Å². The highest BCUT2D eigenvalue weighted by Crippen LogP contribution is 2.13. The van der Waals surface area contributed by atoms with Gasteiger partial charge < -0.3 is 32.9 Å². The number of nitrogens with one attached hydrogen (secondary N) is 2. The summed E-state index contributed by atoms with van der Waals surface area (Å²) in [5, 5.41) is 14.4. The number of nitrogens with zero attached hydrogens (tertiary/aromatic N) is 2. The number of hydrogen-bond donors (Lipinski definition) is 6. The molecule has 1 unspecified atom stereocenters. The molecule has 1 aromatic rings. The van der Waals surface area contributed by atoms with Gasteiger partial charge in [-0.15, -0.1) is 0 Å². The molecule has 27 heavy (non-hydrogen) atoms. The average molecular weight is 379 g/mol. The lowest BCUT2D eigenvalue weighted by molar-refractivity contribution is -0.139. The van der Waals surface area contributed by atoms with Crippen LogP contribution in [-0.4, -0.2) is 59.5 Å². The SMILES string of the molecule is NCC(=O)N[C@@H](CCCN=C(N)N)C(=O)NCC(C(=O)O)c1cccnc1. The predicted octanol–water partition coefficient (Wildman–Crippen LogP) is -2.14. The van der Waals surface area contributed by atoms with Crippen molar-refractivity contribution in [2.75, 3.05) is 19.6 Å². The van der Waals surface area contributed by atoms with Crippen molar-refractivity contribution in [1.29, 1.82) is 0 Å². The Morgan fingerprint density at radius 1 is 1.30 bits per heavy atom. The fourth-order valence-corrected chi connectivity index (χ4v) is 2.28. The molecule has 148 valence electrons. The Hall–Kier alpha value is -3.21. The van der Waals surface area contributed by atoms with Crippen molar-refractivity contribution >= 4 is 23.7 Å². The molecule has 0 aliphatic carbocycles. The lowest BCUT2D eigenvalue weighted by Crippen LogP contribution is -2.49. The van der Waals surface area contributed by atoms with E-state index in [1.807, 2.05) is 0 Å². The zero-order chi connectivity index (χ0) is 20.2. The summed E-state index contributed by atoms with van der Waals surface area (Å²) in [4.78, 5) is 43.1. The average Bonchev–Trinajstić information content (AvgIpc) is 2.64. The van der Waals surface area contributed by atoms with Gasteiger partial charge in [-0.1, -0.05) is 6.07 Å². The van der Waals surface area contributed by atoms with Crippen LogP contribution in [0.5, 0.6) is 0 Å². The van der Waals surface area contributed by atoms with Gasteiger partial charge in [-0.05, 0) is 24.5 Å². The quantitative estimate of drug-likeness (QED) is 0.142. The molecule has 0 fully saturated rings. The molecule has 1 heterocycles. The summed E-state index contributed by atoms with van der Waals surface area (Å²) in [5.74, 6) is -3.15. The second-order valence-electron chi connectivity index (χ2n) is 5.70. The van der Waals surface area contributed by atoms with Gasteiger partial charge in [0.25, 0.3) is 0 Å². The van der Waals surface area contributed by atoms with Gasteiger partial charge >= 0.3 is 5.97 Å². The van der Waals surface area contributed by atoms with Crippen LogP contribution in [0.4, 0.5) is 0 Å². The van der Waals surface area contributed by atoms with Crippen LogP contribution in [-0.2, 0) is 14.4 Å². The lowest BCUT2D eigenvalue weighted by atomic mass is 10.0. The summed E-state index contributed by atoms with van der Waals surface area (Å²) in [6.45, 7) is -0.133. The van der Waals surface area contributed by atoms with Gasteiger partial charge in [0.05, 0.1) is 6.54 Å². The van der Waals surface area contributed by atoms with Crippen LogP contribution < -0.4 is 27.8 Å². The normalized spacial score (nSPS) is 12.5. The molecule has 0 spiro atoms. The van der Waals surface area contributed by atoms with Crippen molar-refractivity contribution in [3.05, 3.63) is 30.1 Å². The number of aliphatic imine (C=N–C) groups is 1. The Kier molecular flexibility index (Phi) is 9.23. The molecule has 0 aliphatic rings. The molecule has 0 aliphatic heterocycles. The Balaban J connectivity index is 2.71. The largest absolute Gasteiger partial charge is 0.481 e. The molecule has 9 N–H and O–H groups in total. The van der Waals surface area contributed by atoms with Crippen LogP contribution in [0.3, 0.4) is 0 Å². The molecule has 1 aromatic heterocycles. The summed E-state index contributed by atoms with van der Waals surface area (Å²) < 4.78 is 0. The van der Waals surface area contributed by atoms with Crippen molar-refractivity contribution in [1.82, 2.24) is 15.6 Å². The first kappa shape index (κ1) is 21.8. The second kappa shape index (κ2) is 11.4. The molecular weight excluding hydrogens is 354 g/mol. The molecule has 11 heteroatoms. The Bertz CT molecular complexity index is 662. The predicted molar refractivity (Wildman–Crippen MR) is 98.5 cm³/mol. The first-order valence-electron chi connectivity index (χ1n) is 8.30. The number of carbonyl (C=O) groups excluding carboxylic acids is 2. The third-order valence-electron chi connectivity index (χ3n) is 3.65. The van der Waals surface area contributed by atoms with Crippen molar-refractivity contribution in [2.45, 2.75) is 24.8 Å². The van der Waals surface area contributed by atoms with Gasteiger partial charge in [0, 0.05) is 25.5 Å². The molecule has 1 rings (SSSR count). The molecule has 0 bridgehead atoms. The van der Waals surface area contributed by atoms with Gasteiger partial charge in [0.15, 0.2) is 5.96 Å². The second-order valence-corrected chi connectivity index (χ2v) is 5.70. The maximum absolute atomic E-state index is 12.4. The minimum absolute atomic E-state index is 0.0669.